The quantitative estimate of drug-likeness (QED) is 0.600. The average molecular weight is 353 g/mol. The Morgan fingerprint density at radius 3 is 2.48 bits per heavy atom. The summed E-state index contributed by atoms with van der Waals surface area (Å²) < 4.78 is 15.1. The molecule has 0 amide bonds. The molecule has 0 N–H and O–H groups in total. The van der Waals surface area contributed by atoms with Gasteiger partial charge in [-0.15, -0.1) is 11.3 Å². The fraction of sp³-hybridized carbons (Fsp3) is 0.200. The van der Waals surface area contributed by atoms with E-state index in [2.05, 4.69) is 23.1 Å². The van der Waals surface area contributed by atoms with Gasteiger partial charge in [-0.2, -0.15) is 5.10 Å². The van der Waals surface area contributed by atoms with E-state index in [1.54, 1.807) is 12.1 Å². The van der Waals surface area contributed by atoms with Gasteiger partial charge in [0.1, 0.15) is 5.82 Å². The van der Waals surface area contributed by atoms with E-state index >= 15 is 0 Å². The van der Waals surface area contributed by atoms with Gasteiger partial charge in [-0.05, 0) is 56.2 Å². The highest BCUT2D eigenvalue weighted by atomic mass is 32.1. The van der Waals surface area contributed by atoms with E-state index < -0.39 is 0 Å². The topological polar surface area (TPSA) is 29.6 Å². The van der Waals surface area contributed by atoms with E-state index in [1.165, 1.54) is 23.5 Å². The lowest BCUT2D eigenvalue weighted by molar-refractivity contribution is 0.628. The first-order chi connectivity index (χ1) is 12.0. The zero-order valence-corrected chi connectivity index (χ0v) is 15.3. The molecule has 3 rings (SSSR count). The Bertz CT molecular complexity index is 950. The first-order valence-electron chi connectivity index (χ1n) is 8.15. The number of nitrogens with zero attached hydrogens (tertiary/aromatic N) is 3. The number of benzene rings is 2. The predicted molar refractivity (Wildman–Crippen MR) is 103 cm³/mol. The Labute approximate surface area is 150 Å². The number of aryl methyl sites for hydroxylation is 1. The first-order valence-corrected chi connectivity index (χ1v) is 9.03. The van der Waals surface area contributed by atoms with Crippen LogP contribution in [0.1, 0.15) is 25.0 Å². The monoisotopic (exact) mass is 353 g/mol. The van der Waals surface area contributed by atoms with Crippen molar-refractivity contribution in [1.82, 2.24) is 4.68 Å². The third-order valence-corrected chi connectivity index (χ3v) is 4.52. The van der Waals surface area contributed by atoms with E-state index in [1.807, 2.05) is 48.3 Å². The Hall–Kier alpha value is -2.53. The van der Waals surface area contributed by atoms with Crippen LogP contribution in [0.25, 0.3) is 11.3 Å². The van der Waals surface area contributed by atoms with E-state index in [4.69, 9.17) is 0 Å². The number of hydrogen-bond acceptors (Lipinski definition) is 3. The lowest BCUT2D eigenvalue weighted by Crippen LogP contribution is -2.14. The summed E-state index contributed by atoms with van der Waals surface area (Å²) in [6.07, 6.45) is 1.84. The second-order valence-corrected chi connectivity index (χ2v) is 6.88. The normalized spacial score (nSPS) is 12.4. The molecule has 5 heteroatoms. The number of hydrogen-bond donors (Lipinski definition) is 0. The fourth-order valence-corrected chi connectivity index (χ4v) is 3.36. The molecule has 3 aromatic rings. The molecule has 1 aromatic heterocycles. The van der Waals surface area contributed by atoms with Gasteiger partial charge in [-0.1, -0.05) is 24.3 Å². The van der Waals surface area contributed by atoms with Gasteiger partial charge < -0.3 is 0 Å². The number of aromatic nitrogens is 1. The highest BCUT2D eigenvalue weighted by Crippen LogP contribution is 2.20. The van der Waals surface area contributed by atoms with Crippen molar-refractivity contribution in [1.29, 1.82) is 0 Å². The molecule has 0 saturated heterocycles. The van der Waals surface area contributed by atoms with E-state index in [0.717, 1.165) is 27.2 Å². The number of rotatable bonds is 4. The lowest BCUT2D eigenvalue weighted by Gasteiger charge is -2.05. The third kappa shape index (κ3) is 4.12. The first kappa shape index (κ1) is 17.3. The summed E-state index contributed by atoms with van der Waals surface area (Å²) in [7, 11) is 0. The molecule has 2 aromatic carbocycles. The van der Waals surface area contributed by atoms with Crippen LogP contribution in [0.15, 0.2) is 64.0 Å². The van der Waals surface area contributed by atoms with Crippen molar-refractivity contribution in [3.8, 4) is 11.3 Å². The zero-order chi connectivity index (χ0) is 17.8. The summed E-state index contributed by atoms with van der Waals surface area (Å²) in [6, 6.07) is 14.7. The maximum absolute atomic E-state index is 13.2. The molecule has 3 nitrogen and oxygen atoms in total. The van der Waals surface area contributed by atoms with Crippen LogP contribution in [0.3, 0.4) is 0 Å². The van der Waals surface area contributed by atoms with E-state index in [-0.39, 0.29) is 11.9 Å². The minimum Gasteiger partial charge on any atom is -0.255 e. The van der Waals surface area contributed by atoms with Gasteiger partial charge in [0.05, 0.1) is 11.9 Å². The van der Waals surface area contributed by atoms with Crippen LogP contribution in [0.5, 0.6) is 0 Å². The largest absolute Gasteiger partial charge is 0.255 e. The molecule has 0 aliphatic rings. The van der Waals surface area contributed by atoms with Gasteiger partial charge in [0.15, 0.2) is 0 Å². The van der Waals surface area contributed by atoms with Gasteiger partial charge in [-0.3, -0.25) is 4.99 Å². The molecule has 0 radical (unpaired) electrons. The molecule has 0 fully saturated rings. The van der Waals surface area contributed by atoms with Gasteiger partial charge >= 0.3 is 0 Å². The van der Waals surface area contributed by atoms with Crippen LogP contribution in [0, 0.1) is 12.7 Å². The SMILES string of the molecule is Cc1ccccc1C=Nn1c(-c2ccc(F)cc2)csc1=NC(C)C. The maximum atomic E-state index is 13.2. The zero-order valence-electron chi connectivity index (χ0n) is 14.5. The van der Waals surface area contributed by atoms with Crippen LogP contribution >= 0.6 is 11.3 Å². The highest BCUT2D eigenvalue weighted by Gasteiger charge is 2.08. The summed E-state index contributed by atoms with van der Waals surface area (Å²) in [5.41, 5.74) is 4.02. The summed E-state index contributed by atoms with van der Waals surface area (Å²) >= 11 is 1.53. The lowest BCUT2D eigenvalue weighted by atomic mass is 10.1. The molecule has 128 valence electrons. The molecule has 0 bridgehead atoms. The van der Waals surface area contributed by atoms with Gasteiger partial charge in [0.25, 0.3) is 0 Å². The molecular weight excluding hydrogens is 333 g/mol. The number of halogens is 1. The van der Waals surface area contributed by atoms with Crippen molar-refractivity contribution in [3.05, 3.63) is 75.7 Å². The standard InChI is InChI=1S/C20H20FN3S/c1-14(2)23-20-24(22-12-17-7-5-4-6-15(17)3)19(13-25-20)16-8-10-18(21)11-9-16/h4-14H,1-3H3. The Kier molecular flexibility index (Phi) is 5.24. The molecule has 0 saturated carbocycles. The van der Waals surface area contributed by atoms with Crippen molar-refractivity contribution in [3.63, 3.8) is 0 Å². The summed E-state index contributed by atoms with van der Waals surface area (Å²) in [5.74, 6) is -0.249. The maximum Gasteiger partial charge on any atom is 0.206 e. The summed E-state index contributed by atoms with van der Waals surface area (Å²) in [6.45, 7) is 6.12. The van der Waals surface area contributed by atoms with Crippen LogP contribution in [0.2, 0.25) is 0 Å². The second kappa shape index (κ2) is 7.57. The van der Waals surface area contributed by atoms with Crippen LogP contribution in [0.4, 0.5) is 4.39 Å². The Morgan fingerprint density at radius 2 is 1.80 bits per heavy atom. The molecule has 0 spiro atoms. The van der Waals surface area contributed by atoms with Crippen molar-refractivity contribution in [2.75, 3.05) is 0 Å². The van der Waals surface area contributed by atoms with Crippen molar-refractivity contribution in [2.45, 2.75) is 26.8 Å². The van der Waals surface area contributed by atoms with Crippen molar-refractivity contribution in [2.24, 2.45) is 10.1 Å². The van der Waals surface area contributed by atoms with Gasteiger partial charge in [0, 0.05) is 17.0 Å². The highest BCUT2D eigenvalue weighted by molar-refractivity contribution is 7.07. The van der Waals surface area contributed by atoms with Crippen LogP contribution in [-0.4, -0.2) is 16.9 Å². The molecule has 0 aliphatic heterocycles. The second-order valence-electron chi connectivity index (χ2n) is 6.05. The molecule has 0 atom stereocenters. The summed E-state index contributed by atoms with van der Waals surface area (Å²) in [4.78, 5) is 5.47. The molecule has 0 unspecified atom stereocenters. The average Bonchev–Trinajstić information content (AvgIpc) is 2.97. The van der Waals surface area contributed by atoms with E-state index in [0.29, 0.717) is 0 Å². The van der Waals surface area contributed by atoms with Crippen LogP contribution < -0.4 is 4.80 Å². The fourth-order valence-electron chi connectivity index (χ4n) is 2.39. The molecular formula is C20H20FN3S. The molecule has 1 heterocycles. The smallest absolute Gasteiger partial charge is 0.206 e. The third-order valence-electron chi connectivity index (χ3n) is 3.69. The minimum absolute atomic E-state index is 0.166. The molecule has 25 heavy (non-hydrogen) atoms. The Balaban J connectivity index is 2.10. The van der Waals surface area contributed by atoms with Crippen molar-refractivity contribution >= 4 is 17.6 Å². The summed E-state index contributed by atoms with van der Waals surface area (Å²) in [5, 5.41) is 6.67. The predicted octanol–water partition coefficient (Wildman–Crippen LogP) is 4.86. The van der Waals surface area contributed by atoms with E-state index in [9.17, 15) is 4.39 Å². The Morgan fingerprint density at radius 1 is 1.08 bits per heavy atom. The van der Waals surface area contributed by atoms with Gasteiger partial charge in [-0.25, -0.2) is 9.07 Å². The van der Waals surface area contributed by atoms with Crippen LogP contribution in [-0.2, 0) is 0 Å². The number of thiazole rings is 1. The van der Waals surface area contributed by atoms with Crippen molar-refractivity contribution < 1.29 is 4.39 Å². The minimum atomic E-state index is -0.249. The molecule has 0 aliphatic carbocycles. The van der Waals surface area contributed by atoms with Gasteiger partial charge in [0.2, 0.25) is 4.80 Å².